The summed E-state index contributed by atoms with van der Waals surface area (Å²) in [6.07, 6.45) is 0.167. The molecule has 0 aliphatic carbocycles. The number of ether oxygens (including phenoxy) is 2. The van der Waals surface area contributed by atoms with Crippen LogP contribution in [0.1, 0.15) is 24.5 Å². The van der Waals surface area contributed by atoms with E-state index in [9.17, 15) is 9.59 Å². The van der Waals surface area contributed by atoms with Crippen LogP contribution >= 0.6 is 0 Å². The summed E-state index contributed by atoms with van der Waals surface area (Å²) in [5, 5.41) is 2.92. The fraction of sp³-hybridized carbons (Fsp3) is 0.259. The minimum atomic E-state index is -0.432. The van der Waals surface area contributed by atoms with Gasteiger partial charge in [0.05, 0.1) is 18.2 Å². The number of hydrogen-bond donors (Lipinski definition) is 1. The van der Waals surface area contributed by atoms with Crippen molar-refractivity contribution in [3.8, 4) is 17.2 Å². The molecule has 170 valence electrons. The Bertz CT molecular complexity index is 1160. The number of carbonyl (C=O) groups excluding carboxylic acids is 2. The zero-order valence-electron chi connectivity index (χ0n) is 19.1. The number of rotatable bonds is 7. The number of aryl methyl sites for hydroxylation is 2. The maximum atomic E-state index is 12.8. The van der Waals surface area contributed by atoms with Gasteiger partial charge >= 0.3 is 0 Å². The molecule has 2 amide bonds. The molecule has 1 aliphatic rings. The van der Waals surface area contributed by atoms with Crippen LogP contribution in [-0.4, -0.2) is 25.0 Å². The number of para-hydroxylation sites is 2. The molecule has 0 spiro atoms. The van der Waals surface area contributed by atoms with E-state index in [4.69, 9.17) is 9.47 Å². The zero-order valence-corrected chi connectivity index (χ0v) is 19.1. The van der Waals surface area contributed by atoms with Crippen LogP contribution in [0.2, 0.25) is 0 Å². The highest BCUT2D eigenvalue weighted by molar-refractivity contribution is 6.04. The molecule has 0 saturated carbocycles. The number of amides is 2. The summed E-state index contributed by atoms with van der Waals surface area (Å²) < 4.78 is 11.6. The van der Waals surface area contributed by atoms with Crippen LogP contribution in [0.4, 0.5) is 11.4 Å². The highest BCUT2D eigenvalue weighted by Crippen LogP contribution is 2.33. The summed E-state index contributed by atoms with van der Waals surface area (Å²) in [5.74, 6) is 1.41. The van der Waals surface area contributed by atoms with Gasteiger partial charge in [-0.25, -0.2) is 0 Å². The predicted molar refractivity (Wildman–Crippen MR) is 129 cm³/mol. The normalized spacial score (nSPS) is 15.4. The lowest BCUT2D eigenvalue weighted by atomic mass is 10.1. The van der Waals surface area contributed by atoms with E-state index in [1.54, 1.807) is 17.0 Å². The molecule has 33 heavy (non-hydrogen) atoms. The summed E-state index contributed by atoms with van der Waals surface area (Å²) in [6.45, 7) is 6.84. The van der Waals surface area contributed by atoms with Crippen molar-refractivity contribution in [1.82, 2.24) is 0 Å². The van der Waals surface area contributed by atoms with Crippen molar-refractivity contribution in [3.05, 3.63) is 77.9 Å². The highest BCUT2D eigenvalue weighted by Gasteiger charge is 2.36. The molecule has 0 bridgehead atoms. The summed E-state index contributed by atoms with van der Waals surface area (Å²) >= 11 is 0. The van der Waals surface area contributed by atoms with Crippen LogP contribution in [0.3, 0.4) is 0 Å². The molecular weight excluding hydrogens is 416 g/mol. The van der Waals surface area contributed by atoms with Crippen LogP contribution in [0.5, 0.6) is 17.2 Å². The monoisotopic (exact) mass is 444 g/mol. The summed E-state index contributed by atoms with van der Waals surface area (Å²) in [5.41, 5.74) is 3.74. The van der Waals surface area contributed by atoms with Gasteiger partial charge in [-0.1, -0.05) is 18.2 Å². The summed E-state index contributed by atoms with van der Waals surface area (Å²) in [7, 11) is 0. The lowest BCUT2D eigenvalue weighted by Gasteiger charge is -2.20. The fourth-order valence-electron chi connectivity index (χ4n) is 3.84. The minimum absolute atomic E-state index is 0.0838. The van der Waals surface area contributed by atoms with Crippen LogP contribution in [0.15, 0.2) is 66.7 Å². The second-order valence-corrected chi connectivity index (χ2v) is 8.17. The van der Waals surface area contributed by atoms with Crippen LogP contribution in [0, 0.1) is 19.8 Å². The van der Waals surface area contributed by atoms with Crippen molar-refractivity contribution < 1.29 is 19.1 Å². The van der Waals surface area contributed by atoms with E-state index in [0.29, 0.717) is 36.0 Å². The Morgan fingerprint density at radius 2 is 1.73 bits per heavy atom. The van der Waals surface area contributed by atoms with Gasteiger partial charge in [-0.05, 0) is 80.4 Å². The first-order valence-corrected chi connectivity index (χ1v) is 11.1. The molecule has 1 fully saturated rings. The highest BCUT2D eigenvalue weighted by atomic mass is 16.5. The molecule has 1 N–H and O–H groups in total. The number of nitrogens with zero attached hydrogens (tertiary/aromatic N) is 1. The zero-order chi connectivity index (χ0) is 23.4. The van der Waals surface area contributed by atoms with Crippen molar-refractivity contribution in [2.75, 3.05) is 23.4 Å². The third-order valence-electron chi connectivity index (χ3n) is 5.79. The Morgan fingerprint density at radius 3 is 2.45 bits per heavy atom. The van der Waals surface area contributed by atoms with Gasteiger partial charge in [0.15, 0.2) is 0 Å². The van der Waals surface area contributed by atoms with Gasteiger partial charge in [0.1, 0.15) is 17.2 Å². The Morgan fingerprint density at radius 1 is 1.00 bits per heavy atom. The van der Waals surface area contributed by atoms with E-state index < -0.39 is 5.92 Å². The van der Waals surface area contributed by atoms with E-state index in [2.05, 4.69) is 12.2 Å². The quantitative estimate of drug-likeness (QED) is 0.524. The van der Waals surface area contributed by atoms with E-state index in [-0.39, 0.29) is 18.2 Å². The van der Waals surface area contributed by atoms with Gasteiger partial charge in [0.25, 0.3) is 0 Å². The molecule has 0 radical (unpaired) electrons. The first-order valence-electron chi connectivity index (χ1n) is 11.1. The van der Waals surface area contributed by atoms with Crippen molar-refractivity contribution in [3.63, 3.8) is 0 Å². The van der Waals surface area contributed by atoms with E-state index in [1.165, 1.54) is 11.1 Å². The Balaban J connectivity index is 1.38. The Kier molecular flexibility index (Phi) is 6.63. The molecule has 1 aliphatic heterocycles. The third-order valence-corrected chi connectivity index (χ3v) is 5.79. The fourth-order valence-corrected chi connectivity index (χ4v) is 3.84. The van der Waals surface area contributed by atoms with Crippen molar-refractivity contribution in [2.45, 2.75) is 27.2 Å². The smallest absolute Gasteiger partial charge is 0.229 e. The third kappa shape index (κ3) is 5.17. The minimum Gasteiger partial charge on any atom is -0.492 e. The topological polar surface area (TPSA) is 67.9 Å². The molecular formula is C27H28N2O4. The van der Waals surface area contributed by atoms with Gasteiger partial charge in [-0.15, -0.1) is 0 Å². The lowest BCUT2D eigenvalue weighted by Crippen LogP contribution is -2.28. The van der Waals surface area contributed by atoms with Gasteiger partial charge in [-0.2, -0.15) is 0 Å². The molecule has 3 aromatic rings. The molecule has 6 nitrogen and oxygen atoms in total. The van der Waals surface area contributed by atoms with Gasteiger partial charge in [0, 0.05) is 18.7 Å². The van der Waals surface area contributed by atoms with Gasteiger partial charge in [-0.3, -0.25) is 9.59 Å². The van der Waals surface area contributed by atoms with Crippen LogP contribution in [0.25, 0.3) is 0 Å². The number of hydrogen-bond acceptors (Lipinski definition) is 4. The Hall–Kier alpha value is -3.80. The second kappa shape index (κ2) is 9.77. The number of benzene rings is 3. The standard InChI is InChI=1S/C27H28N2O4/c1-4-32-25-8-6-5-7-24(25)29-17-20(16-26(29)30)27(31)28-21-10-13-22(14-11-21)33-23-12-9-18(2)19(3)15-23/h5-15,20H,4,16-17H2,1-3H3,(H,28,31)/t20-/m1/s1. The lowest BCUT2D eigenvalue weighted by molar-refractivity contribution is -0.122. The molecule has 3 aromatic carbocycles. The average molecular weight is 445 g/mol. The summed E-state index contributed by atoms with van der Waals surface area (Å²) in [4.78, 5) is 27.1. The SMILES string of the molecule is CCOc1ccccc1N1C[C@H](C(=O)Nc2ccc(Oc3ccc(C)c(C)c3)cc2)CC1=O. The van der Waals surface area contributed by atoms with Gasteiger partial charge < -0.3 is 19.7 Å². The maximum absolute atomic E-state index is 12.8. The van der Waals surface area contributed by atoms with Crippen molar-refractivity contribution >= 4 is 23.2 Å². The largest absolute Gasteiger partial charge is 0.492 e. The molecule has 0 unspecified atom stereocenters. The number of anilines is 2. The van der Waals surface area contributed by atoms with E-state index in [0.717, 1.165) is 5.75 Å². The Labute approximate surface area is 194 Å². The summed E-state index contributed by atoms with van der Waals surface area (Å²) in [6, 6.07) is 20.6. The predicted octanol–water partition coefficient (Wildman–Crippen LogP) is 5.49. The van der Waals surface area contributed by atoms with E-state index in [1.807, 2.05) is 68.4 Å². The molecule has 4 rings (SSSR count). The first kappa shape index (κ1) is 22.4. The number of carbonyl (C=O) groups is 2. The van der Waals surface area contributed by atoms with Crippen LogP contribution in [-0.2, 0) is 9.59 Å². The molecule has 1 heterocycles. The van der Waals surface area contributed by atoms with Crippen molar-refractivity contribution in [1.29, 1.82) is 0 Å². The molecule has 0 aromatic heterocycles. The average Bonchev–Trinajstić information content (AvgIpc) is 3.20. The molecule has 1 saturated heterocycles. The molecule has 6 heteroatoms. The first-order chi connectivity index (χ1) is 15.9. The number of nitrogens with one attached hydrogen (secondary N) is 1. The molecule has 1 atom stereocenters. The second-order valence-electron chi connectivity index (χ2n) is 8.17. The van der Waals surface area contributed by atoms with E-state index >= 15 is 0 Å². The maximum Gasteiger partial charge on any atom is 0.229 e. The van der Waals surface area contributed by atoms with Crippen LogP contribution < -0.4 is 19.7 Å². The van der Waals surface area contributed by atoms with Gasteiger partial charge in [0.2, 0.25) is 11.8 Å². The van der Waals surface area contributed by atoms with Crippen molar-refractivity contribution in [2.24, 2.45) is 5.92 Å².